The highest BCUT2D eigenvalue weighted by molar-refractivity contribution is 5.17. The van der Waals surface area contributed by atoms with E-state index in [4.69, 9.17) is 15.2 Å². The molecule has 3 nitrogen and oxygen atoms in total. The van der Waals surface area contributed by atoms with Crippen LogP contribution in [0.4, 0.5) is 0 Å². The smallest absolute Gasteiger partial charge is 0.163 e. The first kappa shape index (κ1) is 18.0. The summed E-state index contributed by atoms with van der Waals surface area (Å²) in [5.41, 5.74) is 7.64. The van der Waals surface area contributed by atoms with Crippen LogP contribution in [0.1, 0.15) is 52.0 Å². The second-order valence-corrected chi connectivity index (χ2v) is 6.65. The van der Waals surface area contributed by atoms with Crippen molar-refractivity contribution in [3.63, 3.8) is 0 Å². The Bertz CT molecular complexity index is 530. The Morgan fingerprint density at radius 2 is 1.91 bits per heavy atom. The molecule has 0 amide bonds. The molecule has 3 heteroatoms. The van der Waals surface area contributed by atoms with Gasteiger partial charge in [-0.1, -0.05) is 43.7 Å². The molecule has 1 heterocycles. The van der Waals surface area contributed by atoms with Crippen LogP contribution in [0.2, 0.25) is 0 Å². The summed E-state index contributed by atoms with van der Waals surface area (Å²) in [5.74, 6) is 5.87. The lowest BCUT2D eigenvalue weighted by Gasteiger charge is -2.22. The van der Waals surface area contributed by atoms with Crippen LogP contribution in [0.3, 0.4) is 0 Å². The van der Waals surface area contributed by atoms with Crippen molar-refractivity contribution in [2.75, 3.05) is 0 Å². The summed E-state index contributed by atoms with van der Waals surface area (Å²) >= 11 is 0. The fraction of sp³-hybridized carbons (Fsp3) is 0.600. The van der Waals surface area contributed by atoms with Crippen molar-refractivity contribution in [2.45, 2.75) is 76.9 Å². The number of unbranched alkanes of at least 4 members (excludes halogenated alkanes) is 2. The summed E-state index contributed by atoms with van der Waals surface area (Å²) in [6.45, 7) is 6.07. The topological polar surface area (TPSA) is 44.5 Å². The number of nitrogens with two attached hydrogens (primary N) is 1. The molecule has 1 aliphatic rings. The molecule has 0 radical (unpaired) electrons. The first-order valence-corrected chi connectivity index (χ1v) is 8.62. The molecule has 3 atom stereocenters. The molecule has 0 spiro atoms. The molecule has 1 aliphatic heterocycles. The van der Waals surface area contributed by atoms with Crippen molar-refractivity contribution in [1.29, 1.82) is 0 Å². The van der Waals surface area contributed by atoms with E-state index in [0.717, 1.165) is 19.3 Å². The van der Waals surface area contributed by atoms with E-state index in [0.29, 0.717) is 6.42 Å². The molecule has 0 bridgehead atoms. The number of hydrogen-bond acceptors (Lipinski definition) is 3. The Morgan fingerprint density at radius 1 is 1.17 bits per heavy atom. The van der Waals surface area contributed by atoms with E-state index in [1.807, 2.05) is 32.0 Å². The lowest BCUT2D eigenvalue weighted by atomic mass is 9.97. The van der Waals surface area contributed by atoms with Gasteiger partial charge < -0.3 is 15.2 Å². The van der Waals surface area contributed by atoms with Gasteiger partial charge in [-0.25, -0.2) is 0 Å². The molecule has 0 saturated carbocycles. The zero-order valence-corrected chi connectivity index (χ0v) is 14.5. The average Bonchev–Trinajstić information content (AvgIpc) is 2.83. The van der Waals surface area contributed by atoms with Crippen molar-refractivity contribution < 1.29 is 9.47 Å². The minimum absolute atomic E-state index is 0.0576. The maximum atomic E-state index is 6.42. The standard InChI is InChI=1S/C20H29NO2/c1-4-5-6-7-11-14-18-19(23-20(2,3)22-18)17(21)15-16-12-9-8-10-13-16/h8-10,12-13,17-19H,4-6,14-15,21H2,1-3H3/t17-,18+,19+/m1/s1. The van der Waals surface area contributed by atoms with E-state index in [-0.39, 0.29) is 18.2 Å². The van der Waals surface area contributed by atoms with Crippen LogP contribution in [-0.2, 0) is 15.9 Å². The van der Waals surface area contributed by atoms with E-state index < -0.39 is 5.79 Å². The van der Waals surface area contributed by atoms with E-state index in [1.165, 1.54) is 12.0 Å². The van der Waals surface area contributed by atoms with Gasteiger partial charge in [0.1, 0.15) is 6.10 Å². The van der Waals surface area contributed by atoms with Gasteiger partial charge in [-0.3, -0.25) is 0 Å². The van der Waals surface area contributed by atoms with Crippen LogP contribution < -0.4 is 5.73 Å². The first-order chi connectivity index (χ1) is 11.0. The minimum atomic E-state index is -0.589. The summed E-state index contributed by atoms with van der Waals surface area (Å²) in [6, 6.07) is 10.2. The van der Waals surface area contributed by atoms with E-state index in [2.05, 4.69) is 30.9 Å². The zero-order valence-electron chi connectivity index (χ0n) is 14.5. The van der Waals surface area contributed by atoms with Crippen LogP contribution in [0.5, 0.6) is 0 Å². The normalized spacial score (nSPS) is 24.0. The highest BCUT2D eigenvalue weighted by atomic mass is 16.8. The molecular formula is C20H29NO2. The maximum Gasteiger partial charge on any atom is 0.163 e. The summed E-state index contributed by atoms with van der Waals surface area (Å²) in [5, 5.41) is 0. The first-order valence-electron chi connectivity index (χ1n) is 8.62. The molecule has 23 heavy (non-hydrogen) atoms. The molecule has 0 aliphatic carbocycles. The zero-order chi connectivity index (χ0) is 16.7. The van der Waals surface area contributed by atoms with Crippen LogP contribution in [0.15, 0.2) is 30.3 Å². The second kappa shape index (κ2) is 8.49. The van der Waals surface area contributed by atoms with Gasteiger partial charge in [-0.05, 0) is 32.3 Å². The fourth-order valence-electron chi connectivity index (χ4n) is 2.91. The van der Waals surface area contributed by atoms with Gasteiger partial charge in [-0.15, -0.1) is 11.8 Å². The molecule has 0 unspecified atom stereocenters. The highest BCUT2D eigenvalue weighted by Gasteiger charge is 2.43. The number of hydrogen-bond donors (Lipinski definition) is 1. The maximum absolute atomic E-state index is 6.42. The molecule has 1 aromatic rings. The van der Waals surface area contributed by atoms with Crippen LogP contribution >= 0.6 is 0 Å². The monoisotopic (exact) mass is 315 g/mol. The lowest BCUT2D eigenvalue weighted by molar-refractivity contribution is -0.147. The third-order valence-corrected chi connectivity index (χ3v) is 4.04. The van der Waals surface area contributed by atoms with Crippen molar-refractivity contribution in [3.8, 4) is 11.8 Å². The van der Waals surface area contributed by atoms with Gasteiger partial charge in [0.15, 0.2) is 5.79 Å². The predicted octanol–water partition coefficient (Wildman–Crippen LogP) is 3.66. The van der Waals surface area contributed by atoms with E-state index in [1.54, 1.807) is 0 Å². The van der Waals surface area contributed by atoms with Gasteiger partial charge in [0.05, 0.1) is 6.10 Å². The quantitative estimate of drug-likeness (QED) is 0.643. The van der Waals surface area contributed by atoms with Crippen LogP contribution in [0.25, 0.3) is 0 Å². The third-order valence-electron chi connectivity index (χ3n) is 4.04. The SMILES string of the molecule is CCCCC#CC[C@@H]1OC(C)(C)O[C@H]1[C@H](N)Cc1ccccc1. The Morgan fingerprint density at radius 3 is 2.61 bits per heavy atom. The van der Waals surface area contributed by atoms with Crippen molar-refractivity contribution in [3.05, 3.63) is 35.9 Å². The predicted molar refractivity (Wildman–Crippen MR) is 93.9 cm³/mol. The Labute approximate surface area is 140 Å². The number of rotatable bonds is 6. The van der Waals surface area contributed by atoms with Crippen molar-refractivity contribution in [1.82, 2.24) is 0 Å². The molecule has 126 valence electrons. The highest BCUT2D eigenvalue weighted by Crippen LogP contribution is 2.31. The Kier molecular flexibility index (Phi) is 6.65. The van der Waals surface area contributed by atoms with Gasteiger partial charge in [0, 0.05) is 18.9 Å². The van der Waals surface area contributed by atoms with E-state index in [9.17, 15) is 0 Å². The molecule has 1 fully saturated rings. The minimum Gasteiger partial charge on any atom is -0.344 e. The third kappa shape index (κ3) is 5.66. The molecular weight excluding hydrogens is 286 g/mol. The van der Waals surface area contributed by atoms with Crippen molar-refractivity contribution >= 4 is 0 Å². The average molecular weight is 315 g/mol. The van der Waals surface area contributed by atoms with Gasteiger partial charge in [0.2, 0.25) is 0 Å². The summed E-state index contributed by atoms with van der Waals surface area (Å²) in [6.07, 6.45) is 4.56. The largest absolute Gasteiger partial charge is 0.344 e. The Hall–Kier alpha value is -1.34. The lowest BCUT2D eigenvalue weighted by Crippen LogP contribution is -2.43. The molecule has 0 aromatic heterocycles. The molecule has 1 saturated heterocycles. The van der Waals surface area contributed by atoms with Crippen LogP contribution in [0, 0.1) is 11.8 Å². The van der Waals surface area contributed by atoms with Gasteiger partial charge in [0.25, 0.3) is 0 Å². The van der Waals surface area contributed by atoms with E-state index >= 15 is 0 Å². The number of benzene rings is 1. The molecule has 2 rings (SSSR count). The number of ether oxygens (including phenoxy) is 2. The van der Waals surface area contributed by atoms with Gasteiger partial charge in [-0.2, -0.15) is 0 Å². The summed E-state index contributed by atoms with van der Waals surface area (Å²) < 4.78 is 12.1. The van der Waals surface area contributed by atoms with Crippen molar-refractivity contribution in [2.24, 2.45) is 5.73 Å². The molecule has 1 aromatic carbocycles. The summed E-state index contributed by atoms with van der Waals surface area (Å²) in [4.78, 5) is 0. The Balaban J connectivity index is 1.96. The fourth-order valence-corrected chi connectivity index (χ4v) is 2.91. The molecule has 2 N–H and O–H groups in total. The second-order valence-electron chi connectivity index (χ2n) is 6.65. The summed E-state index contributed by atoms with van der Waals surface area (Å²) in [7, 11) is 0. The van der Waals surface area contributed by atoms with Crippen LogP contribution in [-0.4, -0.2) is 24.0 Å². The van der Waals surface area contributed by atoms with Gasteiger partial charge >= 0.3 is 0 Å².